The molecular weight excluding hydrogens is 236 g/mol. The van der Waals surface area contributed by atoms with Crippen LogP contribution < -0.4 is 5.73 Å². The van der Waals surface area contributed by atoms with Gasteiger partial charge in [0.25, 0.3) is 0 Å². The minimum absolute atomic E-state index is 0.268. The summed E-state index contributed by atoms with van der Waals surface area (Å²) < 4.78 is 27.6. The van der Waals surface area contributed by atoms with E-state index in [0.717, 1.165) is 18.2 Å². The lowest BCUT2D eigenvalue weighted by Gasteiger charge is -2.09. The maximum atomic E-state index is 13.1. The summed E-state index contributed by atoms with van der Waals surface area (Å²) in [6.45, 7) is 2.76. The molecule has 3 nitrogen and oxygen atoms in total. The molecule has 0 saturated carbocycles. The molecule has 0 saturated heterocycles. The molecule has 1 heterocycles. The minimum atomic E-state index is -0.844. The number of benzene rings is 1. The van der Waals surface area contributed by atoms with Crippen molar-refractivity contribution in [2.24, 2.45) is 5.73 Å². The molecule has 1 atom stereocenters. The van der Waals surface area contributed by atoms with Crippen LogP contribution in [0.15, 0.2) is 30.6 Å². The van der Waals surface area contributed by atoms with Crippen molar-refractivity contribution in [3.63, 3.8) is 0 Å². The van der Waals surface area contributed by atoms with Gasteiger partial charge in [-0.3, -0.25) is 4.68 Å². The second-order valence-corrected chi connectivity index (χ2v) is 4.19. The van der Waals surface area contributed by atoms with Crippen LogP contribution in [0.5, 0.6) is 0 Å². The molecule has 0 radical (unpaired) electrons. The molecule has 18 heavy (non-hydrogen) atoms. The Labute approximate surface area is 104 Å². The molecule has 0 aliphatic heterocycles. The maximum absolute atomic E-state index is 13.1. The second-order valence-electron chi connectivity index (χ2n) is 4.19. The highest BCUT2D eigenvalue weighted by Crippen LogP contribution is 2.17. The van der Waals surface area contributed by atoms with E-state index in [1.165, 1.54) is 6.07 Å². The van der Waals surface area contributed by atoms with Gasteiger partial charge in [0.15, 0.2) is 11.6 Å². The van der Waals surface area contributed by atoms with Gasteiger partial charge in [0.2, 0.25) is 0 Å². The lowest BCUT2D eigenvalue weighted by atomic mass is 10.0. The van der Waals surface area contributed by atoms with Crippen LogP contribution in [0.3, 0.4) is 0 Å². The zero-order valence-corrected chi connectivity index (χ0v) is 10.1. The first-order chi connectivity index (χ1) is 8.60. The lowest BCUT2D eigenvalue weighted by Crippen LogP contribution is -2.13. The number of hydrogen-bond acceptors (Lipinski definition) is 2. The Kier molecular flexibility index (Phi) is 3.72. The fourth-order valence-electron chi connectivity index (χ4n) is 1.78. The number of hydrogen-bond donors (Lipinski definition) is 1. The average Bonchev–Trinajstić information content (AvgIpc) is 2.82. The molecule has 1 aromatic heterocycles. The first-order valence-electron chi connectivity index (χ1n) is 5.82. The van der Waals surface area contributed by atoms with Gasteiger partial charge in [-0.25, -0.2) is 8.78 Å². The van der Waals surface area contributed by atoms with Crippen LogP contribution in [0.25, 0.3) is 0 Å². The molecule has 1 unspecified atom stereocenters. The van der Waals surface area contributed by atoms with Crippen molar-refractivity contribution in [3.8, 4) is 0 Å². The highest BCUT2D eigenvalue weighted by Gasteiger charge is 2.11. The highest BCUT2D eigenvalue weighted by molar-refractivity contribution is 5.21. The fraction of sp³-hybridized carbons (Fsp3) is 0.308. The normalized spacial score (nSPS) is 12.7. The first-order valence-corrected chi connectivity index (χ1v) is 5.82. The highest BCUT2D eigenvalue weighted by atomic mass is 19.2. The van der Waals surface area contributed by atoms with Gasteiger partial charge in [0.1, 0.15) is 0 Å². The third-order valence-corrected chi connectivity index (χ3v) is 2.84. The van der Waals surface area contributed by atoms with E-state index < -0.39 is 11.6 Å². The Bertz CT molecular complexity index is 537. The van der Waals surface area contributed by atoms with Crippen LogP contribution in [-0.4, -0.2) is 9.78 Å². The number of halogens is 2. The van der Waals surface area contributed by atoms with Crippen molar-refractivity contribution in [2.45, 2.75) is 25.9 Å². The van der Waals surface area contributed by atoms with Crippen molar-refractivity contribution in [3.05, 3.63) is 53.4 Å². The first kappa shape index (κ1) is 12.7. The van der Waals surface area contributed by atoms with Gasteiger partial charge in [0, 0.05) is 24.3 Å². The third-order valence-electron chi connectivity index (χ3n) is 2.84. The molecule has 0 bridgehead atoms. The van der Waals surface area contributed by atoms with Gasteiger partial charge in [-0.05, 0) is 31.0 Å². The third kappa shape index (κ3) is 2.73. The summed E-state index contributed by atoms with van der Waals surface area (Å²) in [5.74, 6) is -1.69. The Morgan fingerprint density at radius 2 is 2.11 bits per heavy atom. The Hall–Kier alpha value is -1.75. The zero-order chi connectivity index (χ0) is 13.1. The number of nitrogens with zero attached hydrogens (tertiary/aromatic N) is 2. The Morgan fingerprint density at radius 3 is 2.72 bits per heavy atom. The van der Waals surface area contributed by atoms with Crippen molar-refractivity contribution < 1.29 is 8.78 Å². The maximum Gasteiger partial charge on any atom is 0.159 e. The molecule has 0 amide bonds. The monoisotopic (exact) mass is 251 g/mol. The number of aromatic nitrogens is 2. The van der Waals surface area contributed by atoms with Crippen LogP contribution in [-0.2, 0) is 13.0 Å². The predicted octanol–water partition coefficient (Wildman–Crippen LogP) is 2.42. The summed E-state index contributed by atoms with van der Waals surface area (Å²) in [4.78, 5) is 0. The second kappa shape index (κ2) is 5.27. The molecule has 5 heteroatoms. The van der Waals surface area contributed by atoms with E-state index in [0.29, 0.717) is 12.0 Å². The average molecular weight is 251 g/mol. The molecule has 0 spiro atoms. The molecule has 2 rings (SSSR count). The summed E-state index contributed by atoms with van der Waals surface area (Å²) in [5.41, 5.74) is 7.58. The summed E-state index contributed by atoms with van der Waals surface area (Å²) in [6, 6.07) is 3.57. The van der Waals surface area contributed by atoms with Crippen LogP contribution >= 0.6 is 0 Å². The SMILES string of the molecule is CCn1cc(C(N)Cc2ccc(F)c(F)c2)cn1. The summed E-state index contributed by atoms with van der Waals surface area (Å²) in [6.07, 6.45) is 4.02. The van der Waals surface area contributed by atoms with Gasteiger partial charge in [0.05, 0.1) is 6.20 Å². The molecule has 0 aliphatic rings. The molecular formula is C13H15F2N3. The Morgan fingerprint density at radius 1 is 1.33 bits per heavy atom. The van der Waals surface area contributed by atoms with E-state index in [-0.39, 0.29) is 6.04 Å². The number of rotatable bonds is 4. The van der Waals surface area contributed by atoms with Crippen LogP contribution in [0.1, 0.15) is 24.1 Å². The van der Waals surface area contributed by atoms with E-state index in [1.54, 1.807) is 16.9 Å². The van der Waals surface area contributed by atoms with Crippen LogP contribution in [0, 0.1) is 11.6 Å². The molecule has 0 aliphatic carbocycles. The molecule has 1 aromatic carbocycles. The van der Waals surface area contributed by atoms with Gasteiger partial charge in [-0.1, -0.05) is 6.07 Å². The standard InChI is InChI=1S/C13H15F2N3/c1-2-18-8-10(7-17-18)13(16)6-9-3-4-11(14)12(15)5-9/h3-5,7-8,13H,2,6,16H2,1H3. The molecule has 2 aromatic rings. The van der Waals surface area contributed by atoms with Crippen molar-refractivity contribution in [1.82, 2.24) is 9.78 Å². The smallest absolute Gasteiger partial charge is 0.159 e. The van der Waals surface area contributed by atoms with Gasteiger partial charge >= 0.3 is 0 Å². The largest absolute Gasteiger partial charge is 0.324 e. The number of aryl methyl sites for hydroxylation is 1. The van der Waals surface area contributed by atoms with E-state index in [1.807, 2.05) is 13.1 Å². The molecule has 0 fully saturated rings. The summed E-state index contributed by atoms with van der Waals surface area (Å²) >= 11 is 0. The van der Waals surface area contributed by atoms with Crippen LogP contribution in [0.2, 0.25) is 0 Å². The summed E-state index contributed by atoms with van der Waals surface area (Å²) in [5, 5.41) is 4.13. The van der Waals surface area contributed by atoms with E-state index in [2.05, 4.69) is 5.10 Å². The van der Waals surface area contributed by atoms with Crippen molar-refractivity contribution in [2.75, 3.05) is 0 Å². The quantitative estimate of drug-likeness (QED) is 0.907. The van der Waals surface area contributed by atoms with Crippen molar-refractivity contribution in [1.29, 1.82) is 0 Å². The van der Waals surface area contributed by atoms with E-state index >= 15 is 0 Å². The number of nitrogens with two attached hydrogens (primary N) is 1. The predicted molar refractivity (Wildman–Crippen MR) is 64.9 cm³/mol. The molecule has 96 valence electrons. The van der Waals surface area contributed by atoms with Gasteiger partial charge in [-0.15, -0.1) is 0 Å². The molecule has 2 N–H and O–H groups in total. The topological polar surface area (TPSA) is 43.8 Å². The van der Waals surface area contributed by atoms with E-state index in [9.17, 15) is 8.78 Å². The van der Waals surface area contributed by atoms with Crippen molar-refractivity contribution >= 4 is 0 Å². The van der Waals surface area contributed by atoms with Gasteiger partial charge < -0.3 is 5.73 Å². The zero-order valence-electron chi connectivity index (χ0n) is 10.1. The summed E-state index contributed by atoms with van der Waals surface area (Å²) in [7, 11) is 0. The van der Waals surface area contributed by atoms with E-state index in [4.69, 9.17) is 5.73 Å². The minimum Gasteiger partial charge on any atom is -0.324 e. The van der Waals surface area contributed by atoms with Gasteiger partial charge in [-0.2, -0.15) is 5.10 Å². The fourth-order valence-corrected chi connectivity index (χ4v) is 1.78. The Balaban J connectivity index is 2.10. The lowest BCUT2D eigenvalue weighted by molar-refractivity contribution is 0.506. The van der Waals surface area contributed by atoms with Crippen LogP contribution in [0.4, 0.5) is 8.78 Å².